The van der Waals surface area contributed by atoms with Gasteiger partial charge in [0.05, 0.1) is 5.56 Å². The van der Waals surface area contributed by atoms with Gasteiger partial charge in [0.15, 0.2) is 7.14 Å². The van der Waals surface area contributed by atoms with Crippen LogP contribution >= 0.6 is 7.14 Å². The minimum atomic E-state index is -3.27. The summed E-state index contributed by atoms with van der Waals surface area (Å²) in [6.45, 7) is 10.2. The van der Waals surface area contributed by atoms with Gasteiger partial charge in [0.1, 0.15) is 0 Å². The fourth-order valence-electron chi connectivity index (χ4n) is 3.49. The number of hydrogen-bond acceptors (Lipinski definition) is 2. The molecule has 0 unspecified atom stereocenters. The van der Waals surface area contributed by atoms with Crippen LogP contribution in [-0.2, 0) is 9.98 Å². The highest BCUT2D eigenvalue weighted by Gasteiger charge is 2.34. The molecular weight excluding hydrogens is 389 g/mol. The number of hydrogen-bond donors (Lipinski definition) is 1. The number of benzene rings is 3. The fourth-order valence-corrected chi connectivity index (χ4v) is 6.37. The molecule has 1 amide bonds. The van der Waals surface area contributed by atoms with Gasteiger partial charge in [-0.15, -0.1) is 0 Å². The molecule has 3 rings (SSSR count). The molecule has 156 valence electrons. The third-order valence-corrected chi connectivity index (χ3v) is 8.21. The van der Waals surface area contributed by atoms with Gasteiger partial charge < -0.3 is 9.88 Å². The second-order valence-electron chi connectivity index (χ2n) is 8.89. The molecule has 0 radical (unpaired) electrons. The first kappa shape index (κ1) is 22.1. The summed E-state index contributed by atoms with van der Waals surface area (Å²) in [4.78, 5) is 13.1. The minimum Gasteiger partial charge on any atom is -0.350 e. The van der Waals surface area contributed by atoms with Crippen molar-refractivity contribution in [2.24, 2.45) is 0 Å². The number of carbonyl (C=O) groups excluding carboxylic acids is 1. The van der Waals surface area contributed by atoms with E-state index >= 15 is 0 Å². The normalized spacial score (nSPS) is 12.1. The van der Waals surface area contributed by atoms with Crippen molar-refractivity contribution >= 4 is 29.0 Å². The van der Waals surface area contributed by atoms with Gasteiger partial charge >= 0.3 is 0 Å². The molecule has 0 aliphatic carbocycles. The Labute approximate surface area is 179 Å². The van der Waals surface area contributed by atoms with Gasteiger partial charge in [0.25, 0.3) is 5.91 Å². The Bertz CT molecular complexity index is 1020. The lowest BCUT2D eigenvalue weighted by Gasteiger charge is -2.26. The average molecular weight is 420 g/mol. The number of amides is 1. The Morgan fingerprint density at radius 1 is 0.833 bits per heavy atom. The van der Waals surface area contributed by atoms with Gasteiger partial charge in [0, 0.05) is 22.0 Å². The summed E-state index contributed by atoms with van der Waals surface area (Å²) >= 11 is 0. The van der Waals surface area contributed by atoms with E-state index in [1.165, 1.54) is 0 Å². The van der Waals surface area contributed by atoms with Crippen LogP contribution in [-0.4, -0.2) is 11.9 Å². The molecule has 0 aliphatic heterocycles. The van der Waals surface area contributed by atoms with Crippen molar-refractivity contribution in [3.8, 4) is 0 Å². The molecule has 0 aliphatic rings. The van der Waals surface area contributed by atoms with E-state index in [1.807, 2.05) is 92.7 Å². The monoisotopic (exact) mass is 419 g/mol. The van der Waals surface area contributed by atoms with Gasteiger partial charge in [-0.25, -0.2) is 0 Å². The van der Waals surface area contributed by atoms with Crippen LogP contribution in [0.25, 0.3) is 0 Å². The lowest BCUT2D eigenvalue weighted by atomic mass is 9.86. The maximum Gasteiger partial charge on any atom is 0.252 e. The molecule has 0 spiro atoms. The van der Waals surface area contributed by atoms with E-state index in [0.717, 1.165) is 16.2 Å². The lowest BCUT2D eigenvalue weighted by Crippen LogP contribution is -2.36. The van der Waals surface area contributed by atoms with E-state index in [2.05, 4.69) is 26.1 Å². The van der Waals surface area contributed by atoms with Crippen LogP contribution < -0.4 is 21.2 Å². The predicted octanol–water partition coefficient (Wildman–Crippen LogP) is 4.76. The van der Waals surface area contributed by atoms with Gasteiger partial charge in [-0.2, -0.15) is 0 Å². The molecule has 0 aromatic heterocycles. The van der Waals surface area contributed by atoms with E-state index < -0.39 is 7.14 Å². The van der Waals surface area contributed by atoms with Crippen LogP contribution in [0.1, 0.15) is 50.5 Å². The third-order valence-electron chi connectivity index (χ3n) is 5.11. The molecule has 0 bridgehead atoms. The van der Waals surface area contributed by atoms with Crippen molar-refractivity contribution in [1.82, 2.24) is 5.32 Å². The Hall–Kier alpha value is -2.64. The van der Waals surface area contributed by atoms with Crippen LogP contribution in [0.2, 0.25) is 0 Å². The number of nitrogens with one attached hydrogen (secondary N) is 1. The second-order valence-corrected chi connectivity index (χ2v) is 11.6. The highest BCUT2D eigenvalue weighted by molar-refractivity contribution is 7.85. The van der Waals surface area contributed by atoms with Gasteiger partial charge in [-0.3, -0.25) is 4.79 Å². The first-order valence-corrected chi connectivity index (χ1v) is 12.0. The molecule has 0 saturated carbocycles. The van der Waals surface area contributed by atoms with Crippen molar-refractivity contribution in [2.75, 3.05) is 0 Å². The molecule has 1 N–H and O–H groups in total. The fraction of sp³-hybridized carbons (Fsp3) is 0.269. The number of carbonyl (C=O) groups is 1. The molecule has 4 heteroatoms. The zero-order chi connectivity index (χ0) is 21.9. The molecule has 3 aromatic rings. The summed E-state index contributed by atoms with van der Waals surface area (Å²) in [7, 11) is -3.27. The van der Waals surface area contributed by atoms with Gasteiger partial charge in [-0.1, -0.05) is 87.5 Å². The predicted molar refractivity (Wildman–Crippen MR) is 127 cm³/mol. The molecule has 3 nitrogen and oxygen atoms in total. The maximum absolute atomic E-state index is 14.9. The number of rotatable bonds is 5. The zero-order valence-electron chi connectivity index (χ0n) is 18.3. The smallest absolute Gasteiger partial charge is 0.252 e. The summed E-state index contributed by atoms with van der Waals surface area (Å²) in [6, 6.07) is 24.7. The van der Waals surface area contributed by atoms with Gasteiger partial charge in [0.2, 0.25) is 0 Å². The summed E-state index contributed by atoms with van der Waals surface area (Å²) in [5.74, 6) is -0.201. The first-order chi connectivity index (χ1) is 14.1. The Morgan fingerprint density at radius 2 is 1.33 bits per heavy atom. The maximum atomic E-state index is 14.9. The van der Waals surface area contributed by atoms with Crippen LogP contribution in [0.15, 0.2) is 78.9 Å². The third kappa shape index (κ3) is 4.42. The van der Waals surface area contributed by atoms with Crippen LogP contribution in [0.3, 0.4) is 0 Å². The Kier molecular flexibility index (Phi) is 6.33. The van der Waals surface area contributed by atoms with Crippen LogP contribution in [0, 0.1) is 0 Å². The highest BCUT2D eigenvalue weighted by Crippen LogP contribution is 2.44. The second kappa shape index (κ2) is 8.62. The van der Waals surface area contributed by atoms with Crippen molar-refractivity contribution in [1.29, 1.82) is 0 Å². The Morgan fingerprint density at radius 3 is 1.77 bits per heavy atom. The Balaban J connectivity index is 2.37. The molecular formula is C26H30NO2P. The summed E-state index contributed by atoms with van der Waals surface area (Å²) < 4.78 is 14.9. The quantitative estimate of drug-likeness (QED) is 0.606. The van der Waals surface area contributed by atoms with Crippen molar-refractivity contribution in [2.45, 2.75) is 46.1 Å². The molecule has 30 heavy (non-hydrogen) atoms. The topological polar surface area (TPSA) is 46.2 Å². The van der Waals surface area contributed by atoms with E-state index in [-0.39, 0.29) is 17.4 Å². The highest BCUT2D eigenvalue weighted by atomic mass is 31.2. The van der Waals surface area contributed by atoms with Crippen LogP contribution in [0.4, 0.5) is 0 Å². The van der Waals surface area contributed by atoms with E-state index in [4.69, 9.17) is 0 Å². The average Bonchev–Trinajstić information content (AvgIpc) is 2.73. The summed E-state index contributed by atoms with van der Waals surface area (Å²) in [6.07, 6.45) is 0. The molecule has 0 heterocycles. The van der Waals surface area contributed by atoms with Crippen molar-refractivity contribution in [3.63, 3.8) is 0 Å². The van der Waals surface area contributed by atoms with Crippen molar-refractivity contribution < 1.29 is 9.36 Å². The first-order valence-electron chi connectivity index (χ1n) is 10.3. The summed E-state index contributed by atoms with van der Waals surface area (Å²) in [5, 5.41) is 5.01. The lowest BCUT2D eigenvalue weighted by molar-refractivity contribution is 0.0944. The van der Waals surface area contributed by atoms with E-state index in [9.17, 15) is 9.36 Å². The molecule has 0 atom stereocenters. The minimum absolute atomic E-state index is 0.0134. The molecule has 3 aromatic carbocycles. The molecule has 0 saturated heterocycles. The largest absolute Gasteiger partial charge is 0.350 e. The zero-order valence-corrected chi connectivity index (χ0v) is 19.2. The van der Waals surface area contributed by atoms with Gasteiger partial charge in [-0.05, 0) is 37.0 Å². The SMILES string of the molecule is CC(C)NC(=O)c1ccc(C(C)(C)C)cc1P(=O)(c1ccccc1)c1ccccc1. The van der Waals surface area contributed by atoms with E-state index in [1.54, 1.807) is 0 Å². The van der Waals surface area contributed by atoms with Crippen molar-refractivity contribution in [3.05, 3.63) is 90.0 Å². The standard InChI is InChI=1S/C26H30NO2P/c1-19(2)27-25(28)23-17-16-20(26(3,4)5)18-24(23)30(29,21-12-8-6-9-13-21)22-14-10-7-11-15-22/h6-19H,1-5H3,(H,27,28). The molecule has 0 fully saturated rings. The summed E-state index contributed by atoms with van der Waals surface area (Å²) in [5.41, 5.74) is 1.37. The van der Waals surface area contributed by atoms with Crippen LogP contribution in [0.5, 0.6) is 0 Å². The van der Waals surface area contributed by atoms with E-state index in [0.29, 0.717) is 10.9 Å².